The minimum atomic E-state index is 0.625. The van der Waals surface area contributed by atoms with Crippen molar-refractivity contribution in [3.05, 3.63) is 491 Å². The molecule has 0 amide bonds. The first-order chi connectivity index (χ1) is 69.8. The first-order valence-electron chi connectivity index (χ1n) is 47.0. The van der Waals surface area contributed by atoms with Gasteiger partial charge in [-0.25, -0.2) is 49.8 Å². The first-order valence-corrected chi connectivity index (χ1v) is 47.0. The van der Waals surface area contributed by atoms with E-state index in [1.54, 1.807) is 0 Å². The second-order valence-electron chi connectivity index (χ2n) is 34.7. The van der Waals surface area contributed by atoms with Crippen LogP contribution in [0.2, 0.25) is 0 Å². The van der Waals surface area contributed by atoms with E-state index in [0.29, 0.717) is 52.4 Å². The summed E-state index contributed by atoms with van der Waals surface area (Å²) < 4.78 is 4.53. The maximum Gasteiger partial charge on any atom is 0.165 e. The zero-order valence-corrected chi connectivity index (χ0v) is 76.5. The monoisotopic (exact) mass is 1800 g/mol. The van der Waals surface area contributed by atoms with Gasteiger partial charge < -0.3 is 9.13 Å². The summed E-state index contributed by atoms with van der Waals surface area (Å²) in [7, 11) is 2.06. The van der Waals surface area contributed by atoms with Crippen molar-refractivity contribution >= 4 is 75.9 Å². The number of para-hydroxylation sites is 3. The molecule has 0 fully saturated rings. The summed E-state index contributed by atoms with van der Waals surface area (Å²) in [6, 6.07) is 169. The van der Waals surface area contributed by atoms with Gasteiger partial charge in [0, 0.05) is 90.3 Å². The van der Waals surface area contributed by atoms with Crippen LogP contribution in [0.5, 0.6) is 0 Å². The maximum atomic E-state index is 5.16. The van der Waals surface area contributed by atoms with E-state index in [4.69, 9.17) is 49.8 Å². The lowest BCUT2D eigenvalue weighted by molar-refractivity contribution is 0.959. The van der Waals surface area contributed by atoms with Crippen molar-refractivity contribution in [2.24, 2.45) is 7.05 Å². The Balaban J connectivity index is 0.000000115. The summed E-state index contributed by atoms with van der Waals surface area (Å²) in [5.41, 5.74) is 25.3. The number of nitrogens with zero attached hydrogens (tertiary/aromatic N) is 14. The van der Waals surface area contributed by atoms with E-state index in [-0.39, 0.29) is 0 Å². The largest absolute Gasteiger partial charge is 0.327 e. The van der Waals surface area contributed by atoms with Gasteiger partial charge in [-0.1, -0.05) is 419 Å². The zero-order valence-electron chi connectivity index (χ0n) is 76.5. The molecule has 0 aliphatic carbocycles. The maximum absolute atomic E-state index is 5.16. The molecule has 14 heteroatoms. The molecule has 0 atom stereocenters. The van der Waals surface area contributed by atoms with Crippen LogP contribution in [-0.4, -0.2) is 69.2 Å². The van der Waals surface area contributed by atoms with Crippen molar-refractivity contribution in [3.8, 4) is 175 Å². The summed E-state index contributed by atoms with van der Waals surface area (Å²) in [5, 5.41) is 20.9. The molecule has 14 nitrogen and oxygen atoms in total. The van der Waals surface area contributed by atoms with Crippen LogP contribution in [0.1, 0.15) is 0 Å². The third kappa shape index (κ3) is 17.0. The number of rotatable bonds is 16. The Bertz CT molecular complexity index is 8940. The lowest BCUT2D eigenvalue weighted by Crippen LogP contribution is -2.01. The molecular weight excluding hydrogens is 1720 g/mol. The van der Waals surface area contributed by atoms with Crippen LogP contribution in [0.3, 0.4) is 0 Å². The number of benzene rings is 20. The Morgan fingerprint density at radius 1 is 0.177 bits per heavy atom. The average Bonchev–Trinajstić information content (AvgIpc) is 1.57. The van der Waals surface area contributed by atoms with Crippen LogP contribution in [-0.2, 0) is 7.05 Å². The zero-order chi connectivity index (χ0) is 93.9. The fraction of sp³-hybridized carbons (Fsp3) is 0.00787. The lowest BCUT2D eigenvalue weighted by Gasteiger charge is -2.15. The van der Waals surface area contributed by atoms with Gasteiger partial charge in [0.2, 0.25) is 0 Å². The van der Waals surface area contributed by atoms with E-state index in [1.165, 1.54) is 32.6 Å². The van der Waals surface area contributed by atoms with Gasteiger partial charge >= 0.3 is 0 Å². The van der Waals surface area contributed by atoms with Crippen molar-refractivity contribution in [2.75, 3.05) is 0 Å². The van der Waals surface area contributed by atoms with E-state index in [9.17, 15) is 0 Å². The molecule has 20 aromatic carbocycles. The molecule has 0 saturated carbocycles. The summed E-state index contributed by atoms with van der Waals surface area (Å²) in [5.74, 6) is 6.70. The molecule has 0 spiro atoms. The average molecular weight is 1810 g/mol. The van der Waals surface area contributed by atoms with Crippen molar-refractivity contribution in [3.63, 3.8) is 0 Å². The van der Waals surface area contributed by atoms with Crippen LogP contribution < -0.4 is 0 Å². The highest BCUT2D eigenvalue weighted by atomic mass is 15.1. The summed E-state index contributed by atoms with van der Waals surface area (Å²) in [6.07, 6.45) is 0. The Morgan fingerprint density at radius 3 is 0.908 bits per heavy atom. The van der Waals surface area contributed by atoms with Crippen LogP contribution in [0, 0.1) is 0 Å². The van der Waals surface area contributed by atoms with Crippen LogP contribution >= 0.6 is 0 Å². The van der Waals surface area contributed by atoms with Gasteiger partial charge in [-0.15, -0.1) is 10.2 Å². The summed E-state index contributed by atoms with van der Waals surface area (Å²) >= 11 is 0. The van der Waals surface area contributed by atoms with Crippen molar-refractivity contribution < 1.29 is 0 Å². The highest BCUT2D eigenvalue weighted by Crippen LogP contribution is 2.45. The van der Waals surface area contributed by atoms with Crippen LogP contribution in [0.4, 0.5) is 0 Å². The van der Waals surface area contributed by atoms with Gasteiger partial charge in [0.1, 0.15) is 5.82 Å². The lowest BCUT2D eigenvalue weighted by atomic mass is 9.93. The van der Waals surface area contributed by atoms with E-state index in [2.05, 4.69) is 281 Å². The molecule has 26 rings (SSSR count). The molecule has 0 aliphatic heterocycles. The normalized spacial score (nSPS) is 11.3. The predicted molar refractivity (Wildman–Crippen MR) is 575 cm³/mol. The highest BCUT2D eigenvalue weighted by Gasteiger charge is 2.25. The van der Waals surface area contributed by atoms with Crippen LogP contribution in [0.25, 0.3) is 251 Å². The highest BCUT2D eigenvalue weighted by molar-refractivity contribution is 6.21. The fourth-order valence-electron chi connectivity index (χ4n) is 18.9. The standard InChI is InChI=1S/C47H30N4.C41H27N5.C39H27N5/c1-3-15-34(16-4-1)45-48-46(35-17-5-2-6-18-35)50-47(49-45)44-38-20-10-8-13-31(38)25-29-39(44)33-23-27-36(28-24-33)51-41-22-12-11-21-40(41)43-37-19-9-7-14-32(37)26-30-42(43)51;1-4-12-29(13-5-1)37-24-25-38(46-45-37)30-22-20-28(21-23-30)35-26-33-18-10-11-19-34(33)27-36(35)41-43-39(31-14-6-2-7-15-31)42-40(44-41)32-16-8-3-9-17-32;1-44-35-19-11-10-18-34(35)40-39(44)29-22-20-26(21-23-29)32-24-30-16-8-9-17-31(30)25-33(32)38-42-36(27-12-4-2-5-13-27)41-37(43-38)28-14-6-3-7-15-28/h1-30H;1-27H;2-25H,1H3. The van der Waals surface area contributed by atoms with Crippen molar-refractivity contribution in [1.82, 2.24) is 69.2 Å². The fourth-order valence-corrected chi connectivity index (χ4v) is 18.9. The van der Waals surface area contributed by atoms with Crippen molar-refractivity contribution in [2.45, 2.75) is 0 Å². The molecule has 0 bridgehead atoms. The van der Waals surface area contributed by atoms with E-state index in [1.807, 2.05) is 237 Å². The second-order valence-corrected chi connectivity index (χ2v) is 34.7. The number of aryl methyl sites for hydroxylation is 1. The minimum absolute atomic E-state index is 0.625. The Hall–Kier alpha value is -19.2. The van der Waals surface area contributed by atoms with Gasteiger partial charge in [-0.3, -0.25) is 0 Å². The molecule has 6 heterocycles. The van der Waals surface area contributed by atoms with Gasteiger partial charge in [0.25, 0.3) is 0 Å². The number of aromatic nitrogens is 14. The molecule has 141 heavy (non-hydrogen) atoms. The van der Waals surface area contributed by atoms with Crippen molar-refractivity contribution in [1.29, 1.82) is 0 Å². The Morgan fingerprint density at radius 2 is 0.482 bits per heavy atom. The number of fused-ring (bicyclic) bond motifs is 9. The Labute approximate surface area is 813 Å². The molecule has 662 valence electrons. The number of hydrogen-bond acceptors (Lipinski definition) is 12. The second kappa shape index (κ2) is 37.6. The van der Waals surface area contributed by atoms with Gasteiger partial charge in [0.05, 0.1) is 33.5 Å². The SMILES string of the molecule is Cn1c(-c2ccc(-c3cc4ccccc4cc3-c3nc(-c4ccccc4)nc(-c4ccccc4)n3)cc2)nc2ccccc21.c1ccc(-c2ccc(-c3ccc(-c4cc5ccccc5cc4-c4nc(-c5ccccc5)nc(-c5ccccc5)n4)cc3)nn2)cc1.c1ccc(-c2nc(-c3ccccc3)nc(-c3c(-c4ccc(-n5c6ccccc6c6c7ccccc7ccc65)cc4)ccc4ccccc34)n2)cc1. The third-order valence-electron chi connectivity index (χ3n) is 26.0. The molecule has 6 aromatic heterocycles. The van der Waals surface area contributed by atoms with E-state index in [0.717, 1.165) is 166 Å². The summed E-state index contributed by atoms with van der Waals surface area (Å²) in [4.78, 5) is 50.2. The van der Waals surface area contributed by atoms with Gasteiger partial charge in [0.15, 0.2) is 52.4 Å². The first kappa shape index (κ1) is 84.8. The molecule has 0 aliphatic rings. The molecular formula is C127H84N14. The number of imidazole rings is 1. The van der Waals surface area contributed by atoms with Crippen LogP contribution in [0.15, 0.2) is 491 Å². The molecule has 0 saturated heterocycles. The van der Waals surface area contributed by atoms with Gasteiger partial charge in [-0.05, 0) is 149 Å². The third-order valence-corrected chi connectivity index (χ3v) is 26.0. The quantitative estimate of drug-likeness (QED) is 0.0900. The predicted octanol–water partition coefficient (Wildman–Crippen LogP) is 31.0. The van der Waals surface area contributed by atoms with Gasteiger partial charge in [-0.2, -0.15) is 0 Å². The van der Waals surface area contributed by atoms with E-state index >= 15 is 0 Å². The van der Waals surface area contributed by atoms with E-state index < -0.39 is 0 Å². The molecule has 0 unspecified atom stereocenters. The number of hydrogen-bond donors (Lipinski definition) is 0. The smallest absolute Gasteiger partial charge is 0.165 e. The minimum Gasteiger partial charge on any atom is -0.327 e. The molecule has 0 radical (unpaired) electrons. The Kier molecular flexibility index (Phi) is 22.6. The molecule has 0 N–H and O–H groups in total. The molecule has 26 aromatic rings. The topological polar surface area (TPSA) is 165 Å². The summed E-state index contributed by atoms with van der Waals surface area (Å²) in [6.45, 7) is 0.